The highest BCUT2D eigenvalue weighted by molar-refractivity contribution is 6.46. The Balaban J connectivity index is 2.09. The summed E-state index contributed by atoms with van der Waals surface area (Å²) in [5.74, 6) is -2.30. The van der Waals surface area contributed by atoms with Crippen molar-refractivity contribution in [3.8, 4) is 0 Å². The zero-order valence-electron chi connectivity index (χ0n) is 17.6. The molecule has 0 radical (unpaired) electrons. The lowest BCUT2D eigenvalue weighted by atomic mass is 9.94. The number of carbonyl (C=O) groups is 2. The van der Waals surface area contributed by atoms with Gasteiger partial charge < -0.3 is 14.9 Å². The molecule has 1 aliphatic heterocycles. The summed E-state index contributed by atoms with van der Waals surface area (Å²) < 4.78 is 14.7. The van der Waals surface area contributed by atoms with Crippen LogP contribution in [-0.4, -0.2) is 53.8 Å². The lowest BCUT2D eigenvalue weighted by Gasteiger charge is -2.26. The quantitative estimate of drug-likeness (QED) is 0.429. The second kappa shape index (κ2) is 9.22. The number of carbonyl (C=O) groups excluding carboxylic acids is 2. The summed E-state index contributed by atoms with van der Waals surface area (Å²) in [6.45, 7) is 3.02. The number of ketones is 1. The molecule has 158 valence electrons. The van der Waals surface area contributed by atoms with Crippen LogP contribution in [-0.2, 0) is 16.0 Å². The van der Waals surface area contributed by atoms with Crippen LogP contribution < -0.4 is 0 Å². The van der Waals surface area contributed by atoms with Gasteiger partial charge in [0.05, 0.1) is 11.6 Å². The molecule has 1 atom stereocenters. The van der Waals surface area contributed by atoms with Crippen molar-refractivity contribution in [3.05, 3.63) is 76.6 Å². The van der Waals surface area contributed by atoms with Gasteiger partial charge in [-0.1, -0.05) is 49.4 Å². The number of aliphatic hydroxyl groups is 1. The van der Waals surface area contributed by atoms with Crippen LogP contribution in [0.1, 0.15) is 36.1 Å². The number of rotatable bonds is 7. The van der Waals surface area contributed by atoms with E-state index in [4.69, 9.17) is 0 Å². The number of aryl methyl sites for hydroxylation is 1. The molecule has 6 heteroatoms. The average molecular weight is 410 g/mol. The minimum Gasteiger partial charge on any atom is -0.507 e. The number of aliphatic hydroxyl groups excluding tert-OH is 1. The second-order valence-corrected chi connectivity index (χ2v) is 7.72. The normalized spacial score (nSPS) is 18.4. The Bertz CT molecular complexity index is 967. The highest BCUT2D eigenvalue weighted by atomic mass is 19.1. The fourth-order valence-electron chi connectivity index (χ4n) is 3.74. The number of likely N-dealkylation sites (tertiary alicyclic amines) is 1. The summed E-state index contributed by atoms with van der Waals surface area (Å²) in [5, 5.41) is 11.0. The summed E-state index contributed by atoms with van der Waals surface area (Å²) >= 11 is 0. The lowest BCUT2D eigenvalue weighted by Crippen LogP contribution is -2.32. The van der Waals surface area contributed by atoms with Crippen molar-refractivity contribution < 1.29 is 19.1 Å². The summed E-state index contributed by atoms with van der Waals surface area (Å²) in [6.07, 6.45) is 1.46. The molecule has 1 saturated heterocycles. The molecule has 0 spiro atoms. The first-order chi connectivity index (χ1) is 14.3. The maximum absolute atomic E-state index is 14.7. The van der Waals surface area contributed by atoms with E-state index in [-0.39, 0.29) is 23.4 Å². The van der Waals surface area contributed by atoms with Crippen LogP contribution in [0.25, 0.3) is 5.76 Å². The Morgan fingerprint density at radius 3 is 2.37 bits per heavy atom. The largest absolute Gasteiger partial charge is 0.507 e. The zero-order chi connectivity index (χ0) is 21.8. The first-order valence-corrected chi connectivity index (χ1v) is 10.1. The summed E-state index contributed by atoms with van der Waals surface area (Å²) in [7, 11) is 3.84. The van der Waals surface area contributed by atoms with E-state index in [1.165, 1.54) is 11.0 Å². The van der Waals surface area contributed by atoms with Crippen LogP contribution in [0.5, 0.6) is 0 Å². The minimum atomic E-state index is -0.959. The van der Waals surface area contributed by atoms with Gasteiger partial charge in [-0.05, 0) is 45.1 Å². The first-order valence-electron chi connectivity index (χ1n) is 10.1. The van der Waals surface area contributed by atoms with Crippen LogP contribution in [0.15, 0.2) is 54.1 Å². The molecule has 1 unspecified atom stereocenters. The number of hydrogen-bond donors (Lipinski definition) is 1. The predicted octanol–water partition coefficient (Wildman–Crippen LogP) is 3.76. The third kappa shape index (κ3) is 4.28. The highest BCUT2D eigenvalue weighted by Gasteiger charge is 2.46. The third-order valence-electron chi connectivity index (χ3n) is 5.38. The van der Waals surface area contributed by atoms with Crippen LogP contribution in [0.3, 0.4) is 0 Å². The van der Waals surface area contributed by atoms with Crippen LogP contribution in [0.2, 0.25) is 0 Å². The molecular weight excluding hydrogens is 383 g/mol. The molecule has 2 aromatic rings. The average Bonchev–Trinajstić information content (AvgIpc) is 2.98. The Hall–Kier alpha value is -2.99. The Labute approximate surface area is 176 Å². The van der Waals surface area contributed by atoms with Crippen molar-refractivity contribution in [2.24, 2.45) is 0 Å². The topological polar surface area (TPSA) is 60.9 Å². The van der Waals surface area contributed by atoms with E-state index in [0.717, 1.165) is 12.0 Å². The van der Waals surface area contributed by atoms with E-state index in [2.05, 4.69) is 0 Å². The van der Waals surface area contributed by atoms with E-state index < -0.39 is 23.5 Å². The lowest BCUT2D eigenvalue weighted by molar-refractivity contribution is -0.140. The van der Waals surface area contributed by atoms with Crippen molar-refractivity contribution >= 4 is 17.4 Å². The van der Waals surface area contributed by atoms with Gasteiger partial charge in [0.2, 0.25) is 0 Å². The SMILES string of the molecule is CCc1ccc(/C(O)=C2/C(=O)C(=O)N(CCCN(C)C)C2c2ccccc2F)cc1. The van der Waals surface area contributed by atoms with Gasteiger partial charge in [0.15, 0.2) is 0 Å². The maximum atomic E-state index is 14.7. The van der Waals surface area contributed by atoms with E-state index in [9.17, 15) is 19.1 Å². The molecule has 2 aromatic carbocycles. The number of amides is 1. The van der Waals surface area contributed by atoms with Gasteiger partial charge in [0.1, 0.15) is 11.6 Å². The summed E-state index contributed by atoms with van der Waals surface area (Å²) in [6, 6.07) is 12.3. The second-order valence-electron chi connectivity index (χ2n) is 7.72. The third-order valence-corrected chi connectivity index (χ3v) is 5.38. The molecule has 1 heterocycles. The van der Waals surface area contributed by atoms with Crippen molar-refractivity contribution in [1.29, 1.82) is 0 Å². The molecule has 1 N–H and O–H groups in total. The zero-order valence-corrected chi connectivity index (χ0v) is 17.6. The molecular formula is C24H27FN2O3. The van der Waals surface area contributed by atoms with Crippen molar-refractivity contribution in [2.75, 3.05) is 27.2 Å². The maximum Gasteiger partial charge on any atom is 0.295 e. The van der Waals surface area contributed by atoms with Gasteiger partial charge in [-0.3, -0.25) is 9.59 Å². The van der Waals surface area contributed by atoms with Crippen molar-refractivity contribution in [1.82, 2.24) is 9.80 Å². The van der Waals surface area contributed by atoms with Gasteiger partial charge in [0.25, 0.3) is 11.7 Å². The summed E-state index contributed by atoms with van der Waals surface area (Å²) in [5.41, 5.74) is 1.65. The number of nitrogens with zero attached hydrogens (tertiary/aromatic N) is 2. The van der Waals surface area contributed by atoms with Crippen molar-refractivity contribution in [3.63, 3.8) is 0 Å². The highest BCUT2D eigenvalue weighted by Crippen LogP contribution is 2.40. The monoisotopic (exact) mass is 410 g/mol. The van der Waals surface area contributed by atoms with Crippen LogP contribution >= 0.6 is 0 Å². The molecule has 1 aliphatic rings. The Morgan fingerprint density at radius 1 is 1.10 bits per heavy atom. The molecule has 0 aliphatic carbocycles. The molecule has 0 bridgehead atoms. The predicted molar refractivity (Wildman–Crippen MR) is 114 cm³/mol. The smallest absolute Gasteiger partial charge is 0.295 e. The van der Waals surface area contributed by atoms with Gasteiger partial charge in [0, 0.05) is 17.7 Å². The fraction of sp³-hybridized carbons (Fsp3) is 0.333. The molecule has 1 amide bonds. The Kier molecular flexibility index (Phi) is 6.67. The van der Waals surface area contributed by atoms with E-state index in [1.54, 1.807) is 30.3 Å². The molecule has 0 saturated carbocycles. The van der Waals surface area contributed by atoms with Gasteiger partial charge in [-0.15, -0.1) is 0 Å². The van der Waals surface area contributed by atoms with Gasteiger partial charge >= 0.3 is 0 Å². The number of hydrogen-bond acceptors (Lipinski definition) is 4. The standard InChI is InChI=1S/C24H27FN2O3/c1-4-16-10-12-17(13-11-16)22(28)20-21(18-8-5-6-9-19(18)25)27(24(30)23(20)29)15-7-14-26(2)3/h5-6,8-13,21,28H,4,7,14-15H2,1-3H3/b22-20-. The number of benzene rings is 2. The van der Waals surface area contributed by atoms with E-state index in [1.807, 2.05) is 38.1 Å². The van der Waals surface area contributed by atoms with Crippen LogP contribution in [0, 0.1) is 5.82 Å². The molecule has 1 fully saturated rings. The van der Waals surface area contributed by atoms with Gasteiger partial charge in [-0.25, -0.2) is 4.39 Å². The van der Waals surface area contributed by atoms with Crippen molar-refractivity contribution in [2.45, 2.75) is 25.8 Å². The fourth-order valence-corrected chi connectivity index (χ4v) is 3.74. The Morgan fingerprint density at radius 2 is 1.77 bits per heavy atom. The first kappa shape index (κ1) is 21.7. The van der Waals surface area contributed by atoms with Crippen LogP contribution in [0.4, 0.5) is 4.39 Å². The molecule has 3 rings (SSSR count). The molecule has 0 aromatic heterocycles. The number of halogens is 1. The molecule has 5 nitrogen and oxygen atoms in total. The molecule has 30 heavy (non-hydrogen) atoms. The van der Waals surface area contributed by atoms with E-state index >= 15 is 0 Å². The van der Waals surface area contributed by atoms with E-state index in [0.29, 0.717) is 18.5 Å². The summed E-state index contributed by atoms with van der Waals surface area (Å²) in [4.78, 5) is 29.1. The van der Waals surface area contributed by atoms with Gasteiger partial charge in [-0.2, -0.15) is 0 Å². The number of Topliss-reactive ketones (excluding diaryl/α,β-unsaturated/α-hetero) is 1. The minimum absolute atomic E-state index is 0.0702.